The molecule has 2 aliphatic heterocycles. The van der Waals surface area contributed by atoms with Crippen LogP contribution in [0.1, 0.15) is 78.9 Å². The van der Waals surface area contributed by atoms with E-state index in [1.54, 1.807) is 0 Å². The number of likely N-dealkylation sites (tertiary alicyclic amines) is 1. The van der Waals surface area contributed by atoms with Gasteiger partial charge in [0.1, 0.15) is 12.4 Å². The second-order valence-corrected chi connectivity index (χ2v) is 10.5. The predicted molar refractivity (Wildman–Crippen MR) is 139 cm³/mol. The number of piperidine rings is 1. The third-order valence-corrected chi connectivity index (χ3v) is 8.02. The van der Waals surface area contributed by atoms with Crippen LogP contribution in [-0.4, -0.2) is 48.8 Å². The highest BCUT2D eigenvalue weighted by Crippen LogP contribution is 2.26. The minimum Gasteiger partial charge on any atom is -0.491 e. The van der Waals surface area contributed by atoms with Crippen LogP contribution in [0.2, 0.25) is 0 Å². The third kappa shape index (κ3) is 6.25. The van der Waals surface area contributed by atoms with Crippen LogP contribution in [0.25, 0.3) is 0 Å². The summed E-state index contributed by atoms with van der Waals surface area (Å²) in [6, 6.07) is 15.4. The zero-order valence-corrected chi connectivity index (χ0v) is 21.1. The van der Waals surface area contributed by atoms with Crippen molar-refractivity contribution in [2.24, 2.45) is 0 Å². The van der Waals surface area contributed by atoms with Crippen molar-refractivity contribution in [1.29, 1.82) is 0 Å². The summed E-state index contributed by atoms with van der Waals surface area (Å²) in [7, 11) is 0. The number of benzene rings is 2. The van der Waals surface area contributed by atoms with Crippen LogP contribution in [0.5, 0.6) is 5.75 Å². The van der Waals surface area contributed by atoms with Gasteiger partial charge in [-0.05, 0) is 98.9 Å². The Hall–Kier alpha value is -2.37. The molecule has 2 saturated heterocycles. The number of hydrogen-bond donors (Lipinski definition) is 1. The summed E-state index contributed by atoms with van der Waals surface area (Å²) in [4.78, 5) is 15.5. The molecular weight excluding hydrogens is 436 g/mol. The number of fused-ring (bicyclic) bond motifs is 1. The highest BCUT2D eigenvalue weighted by Gasteiger charge is 2.24. The Morgan fingerprint density at radius 2 is 1.94 bits per heavy atom. The summed E-state index contributed by atoms with van der Waals surface area (Å²) in [5, 5.41) is 3.26. The van der Waals surface area contributed by atoms with Gasteiger partial charge in [0.05, 0.1) is 6.10 Å². The lowest BCUT2D eigenvalue weighted by Crippen LogP contribution is -2.39. The van der Waals surface area contributed by atoms with Crippen molar-refractivity contribution in [3.63, 3.8) is 0 Å². The molecule has 2 heterocycles. The lowest BCUT2D eigenvalue weighted by atomic mass is 9.87. The third-order valence-electron chi connectivity index (χ3n) is 8.02. The van der Waals surface area contributed by atoms with Gasteiger partial charge in [0.2, 0.25) is 0 Å². The number of aryl methyl sites for hydroxylation is 1. The summed E-state index contributed by atoms with van der Waals surface area (Å²) in [6.07, 6.45) is 10.6. The van der Waals surface area contributed by atoms with Crippen molar-refractivity contribution in [3.8, 4) is 5.75 Å². The first-order valence-corrected chi connectivity index (χ1v) is 13.7. The van der Waals surface area contributed by atoms with E-state index in [9.17, 15) is 4.79 Å². The van der Waals surface area contributed by atoms with Gasteiger partial charge in [0, 0.05) is 30.8 Å². The quantitative estimate of drug-likeness (QED) is 0.562. The SMILES string of the molecule is CCC1CCCCN1Cc1ccc2c(c1)CC[C@H](NC(=O)c1ccc(OC[C@@H]3CCCO3)cc1)C2. The Morgan fingerprint density at radius 3 is 2.74 bits per heavy atom. The van der Waals surface area contributed by atoms with Gasteiger partial charge in [0.25, 0.3) is 5.91 Å². The van der Waals surface area contributed by atoms with Gasteiger partial charge in [-0.2, -0.15) is 0 Å². The lowest BCUT2D eigenvalue weighted by molar-refractivity contribution is 0.0679. The molecular formula is C30H40N2O3. The molecule has 5 rings (SSSR count). The van der Waals surface area contributed by atoms with Crippen molar-refractivity contribution < 1.29 is 14.3 Å². The molecule has 1 unspecified atom stereocenters. The van der Waals surface area contributed by atoms with E-state index in [-0.39, 0.29) is 18.1 Å². The van der Waals surface area contributed by atoms with Gasteiger partial charge in [-0.3, -0.25) is 9.69 Å². The molecule has 1 N–H and O–H groups in total. The average molecular weight is 477 g/mol. The molecule has 35 heavy (non-hydrogen) atoms. The molecule has 188 valence electrons. The fourth-order valence-corrected chi connectivity index (χ4v) is 5.93. The minimum absolute atomic E-state index is 0.00328. The molecule has 0 saturated carbocycles. The molecule has 0 aromatic heterocycles. The van der Waals surface area contributed by atoms with Crippen LogP contribution in [0.15, 0.2) is 42.5 Å². The van der Waals surface area contributed by atoms with Gasteiger partial charge in [0.15, 0.2) is 0 Å². The molecule has 0 spiro atoms. The van der Waals surface area contributed by atoms with Gasteiger partial charge in [-0.25, -0.2) is 0 Å². The molecule has 1 aliphatic carbocycles. The van der Waals surface area contributed by atoms with E-state index in [2.05, 4.69) is 35.3 Å². The standard InChI is InChI=1S/C30H40N2O3/c1-2-27-6-3-4-16-32(27)20-22-8-9-25-19-26(13-10-24(25)18-22)31-30(33)23-11-14-28(15-12-23)35-21-29-7-5-17-34-29/h8-9,11-12,14-15,18,26-27,29H,2-7,10,13,16-17,19-21H2,1H3,(H,31,33)/t26-,27?,29-/m0/s1. The van der Waals surface area contributed by atoms with E-state index >= 15 is 0 Å². The largest absolute Gasteiger partial charge is 0.491 e. The van der Waals surface area contributed by atoms with Crippen LogP contribution in [0, 0.1) is 0 Å². The summed E-state index contributed by atoms with van der Waals surface area (Å²) < 4.78 is 11.4. The number of ether oxygens (including phenoxy) is 2. The highest BCUT2D eigenvalue weighted by molar-refractivity contribution is 5.94. The molecule has 2 aromatic carbocycles. The molecule has 2 fully saturated rings. The van der Waals surface area contributed by atoms with Crippen molar-refractivity contribution in [3.05, 3.63) is 64.7 Å². The van der Waals surface area contributed by atoms with Crippen LogP contribution < -0.4 is 10.1 Å². The maximum Gasteiger partial charge on any atom is 0.251 e. The van der Waals surface area contributed by atoms with Gasteiger partial charge in [-0.15, -0.1) is 0 Å². The van der Waals surface area contributed by atoms with E-state index in [0.717, 1.165) is 57.0 Å². The zero-order chi connectivity index (χ0) is 24.0. The predicted octanol–water partition coefficient (Wildman–Crippen LogP) is 5.30. The summed E-state index contributed by atoms with van der Waals surface area (Å²) in [5.41, 5.74) is 4.97. The van der Waals surface area contributed by atoms with E-state index < -0.39 is 0 Å². The summed E-state index contributed by atoms with van der Waals surface area (Å²) >= 11 is 0. The first-order valence-electron chi connectivity index (χ1n) is 13.7. The van der Waals surface area contributed by atoms with Crippen LogP contribution in [0.4, 0.5) is 0 Å². The molecule has 1 amide bonds. The Morgan fingerprint density at radius 1 is 1.06 bits per heavy atom. The van der Waals surface area contributed by atoms with E-state index in [1.165, 1.54) is 48.9 Å². The average Bonchev–Trinajstić information content (AvgIpc) is 3.42. The molecule has 2 aromatic rings. The van der Waals surface area contributed by atoms with Crippen molar-refractivity contribution in [1.82, 2.24) is 10.2 Å². The summed E-state index contributed by atoms with van der Waals surface area (Å²) in [5.74, 6) is 0.783. The van der Waals surface area contributed by atoms with E-state index in [0.29, 0.717) is 12.2 Å². The van der Waals surface area contributed by atoms with E-state index in [1.807, 2.05) is 24.3 Å². The Kier molecular flexibility index (Phi) is 8.05. The molecule has 3 aliphatic rings. The van der Waals surface area contributed by atoms with Crippen molar-refractivity contribution in [2.45, 2.75) is 89.4 Å². The van der Waals surface area contributed by atoms with Gasteiger partial charge in [-0.1, -0.05) is 31.5 Å². The van der Waals surface area contributed by atoms with Gasteiger partial charge >= 0.3 is 0 Å². The van der Waals surface area contributed by atoms with Crippen LogP contribution in [0.3, 0.4) is 0 Å². The molecule has 0 bridgehead atoms. The lowest BCUT2D eigenvalue weighted by Gasteiger charge is -2.35. The number of nitrogens with one attached hydrogen (secondary N) is 1. The molecule has 5 heteroatoms. The number of rotatable bonds is 8. The normalized spacial score (nSPS) is 24.7. The number of nitrogens with zero attached hydrogens (tertiary/aromatic N) is 1. The minimum atomic E-state index is -0.00328. The summed E-state index contributed by atoms with van der Waals surface area (Å²) in [6.45, 7) is 6.02. The van der Waals surface area contributed by atoms with Crippen molar-refractivity contribution >= 4 is 5.91 Å². The molecule has 3 atom stereocenters. The second kappa shape index (κ2) is 11.6. The van der Waals surface area contributed by atoms with E-state index in [4.69, 9.17) is 9.47 Å². The van der Waals surface area contributed by atoms with Crippen LogP contribution in [-0.2, 0) is 24.1 Å². The zero-order valence-electron chi connectivity index (χ0n) is 21.1. The fourth-order valence-electron chi connectivity index (χ4n) is 5.93. The maximum atomic E-state index is 12.9. The number of carbonyl (C=O) groups excluding carboxylic acids is 1. The Bertz CT molecular complexity index is 984. The first kappa shape index (κ1) is 24.3. The monoisotopic (exact) mass is 476 g/mol. The van der Waals surface area contributed by atoms with Crippen molar-refractivity contribution in [2.75, 3.05) is 19.8 Å². The smallest absolute Gasteiger partial charge is 0.251 e. The molecule has 0 radical (unpaired) electrons. The maximum absolute atomic E-state index is 12.9. The van der Waals surface area contributed by atoms with Gasteiger partial charge < -0.3 is 14.8 Å². The number of amides is 1. The van der Waals surface area contributed by atoms with Crippen LogP contribution >= 0.6 is 0 Å². The molecule has 5 nitrogen and oxygen atoms in total. The second-order valence-electron chi connectivity index (χ2n) is 10.5. The Labute approximate surface area is 210 Å². The highest BCUT2D eigenvalue weighted by atomic mass is 16.5. The number of hydrogen-bond acceptors (Lipinski definition) is 4. The first-order chi connectivity index (χ1) is 17.2. The number of carbonyl (C=O) groups is 1. The topological polar surface area (TPSA) is 50.8 Å². The Balaban J connectivity index is 1.12. The fraction of sp³-hybridized carbons (Fsp3) is 0.567.